The Balaban J connectivity index is 1.88. The fraction of sp³-hybridized carbons (Fsp3) is 0.375. The van der Waals surface area contributed by atoms with E-state index in [9.17, 15) is 18.8 Å². The lowest BCUT2D eigenvalue weighted by molar-refractivity contribution is -0.155. The minimum absolute atomic E-state index is 0.137. The van der Waals surface area contributed by atoms with Crippen molar-refractivity contribution in [3.8, 4) is 0 Å². The van der Waals surface area contributed by atoms with Gasteiger partial charge < -0.3 is 4.74 Å². The van der Waals surface area contributed by atoms with Crippen LogP contribution in [0.15, 0.2) is 54.6 Å². The second-order valence-corrected chi connectivity index (χ2v) is 7.94. The van der Waals surface area contributed by atoms with Crippen molar-refractivity contribution in [2.45, 2.75) is 38.3 Å². The van der Waals surface area contributed by atoms with Crippen LogP contribution in [0.2, 0.25) is 0 Å². The zero-order valence-corrected chi connectivity index (χ0v) is 17.5. The number of rotatable bonds is 6. The number of esters is 1. The number of para-hydroxylation sites is 1. The maximum absolute atomic E-state index is 14.8. The Morgan fingerprint density at radius 2 is 1.74 bits per heavy atom. The quantitative estimate of drug-likeness (QED) is 0.568. The first-order chi connectivity index (χ1) is 15.0. The van der Waals surface area contributed by atoms with Gasteiger partial charge in [-0.2, -0.15) is 0 Å². The van der Waals surface area contributed by atoms with Crippen molar-refractivity contribution in [1.29, 1.82) is 0 Å². The number of nitrogens with zero attached hydrogens (tertiary/aromatic N) is 1. The van der Waals surface area contributed by atoms with Gasteiger partial charge in [0.25, 0.3) is 0 Å². The molecule has 2 aromatic carbocycles. The predicted octanol–water partition coefficient (Wildman–Crippen LogP) is 3.38. The van der Waals surface area contributed by atoms with Crippen LogP contribution in [-0.2, 0) is 19.1 Å². The zero-order chi connectivity index (χ0) is 22.2. The van der Waals surface area contributed by atoms with E-state index >= 15 is 0 Å². The number of carbonyl (C=O) groups excluding carboxylic acids is 3. The highest BCUT2D eigenvalue weighted by molar-refractivity contribution is 6.24. The lowest BCUT2D eigenvalue weighted by Gasteiger charge is -2.32. The molecular formula is C24H25FN2O4. The summed E-state index contributed by atoms with van der Waals surface area (Å²) in [4.78, 5) is 41.5. The van der Waals surface area contributed by atoms with Crippen LogP contribution in [0, 0.1) is 17.7 Å². The molecule has 4 unspecified atom stereocenters. The molecular weight excluding hydrogens is 399 g/mol. The summed E-state index contributed by atoms with van der Waals surface area (Å²) in [7, 11) is 0. The van der Waals surface area contributed by atoms with Gasteiger partial charge in [0.15, 0.2) is 0 Å². The van der Waals surface area contributed by atoms with Gasteiger partial charge in [0.1, 0.15) is 11.4 Å². The van der Waals surface area contributed by atoms with Crippen LogP contribution in [0.1, 0.15) is 38.3 Å². The SMILES string of the molecule is CCCC1(C(=O)OCC)NC(c2ccccc2F)C2C(=O)N(c3ccccc3)C(=O)C21. The highest BCUT2D eigenvalue weighted by atomic mass is 19.1. The maximum atomic E-state index is 14.8. The van der Waals surface area contributed by atoms with E-state index in [0.29, 0.717) is 18.5 Å². The van der Waals surface area contributed by atoms with Crippen molar-refractivity contribution in [2.24, 2.45) is 11.8 Å². The Hall–Kier alpha value is -3.06. The van der Waals surface area contributed by atoms with Crippen LogP contribution in [0.5, 0.6) is 0 Å². The number of hydrogen-bond acceptors (Lipinski definition) is 5. The van der Waals surface area contributed by atoms with Crippen LogP contribution in [-0.4, -0.2) is 29.9 Å². The molecule has 4 atom stereocenters. The smallest absolute Gasteiger partial charge is 0.327 e. The third-order valence-corrected chi connectivity index (χ3v) is 6.19. The highest BCUT2D eigenvalue weighted by Gasteiger charge is 2.68. The number of benzene rings is 2. The predicted molar refractivity (Wildman–Crippen MR) is 112 cm³/mol. The second kappa shape index (κ2) is 8.23. The number of amides is 2. The Morgan fingerprint density at radius 1 is 1.06 bits per heavy atom. The standard InChI is InChI=1S/C24H25FN2O4/c1-3-14-24(23(30)31-4-2)19-18(20(26-24)16-12-8-9-13-17(16)25)21(28)27(22(19)29)15-10-6-5-7-11-15/h5-13,18-20,26H,3-4,14H2,1-2H3. The molecule has 6 nitrogen and oxygen atoms in total. The van der Waals surface area contributed by atoms with Crippen molar-refractivity contribution in [3.63, 3.8) is 0 Å². The molecule has 2 aliphatic rings. The average Bonchev–Trinajstić information content (AvgIpc) is 3.24. The summed E-state index contributed by atoms with van der Waals surface area (Å²) in [5, 5.41) is 3.20. The van der Waals surface area contributed by atoms with Crippen molar-refractivity contribution in [2.75, 3.05) is 11.5 Å². The number of hydrogen-bond donors (Lipinski definition) is 1. The number of halogens is 1. The molecule has 0 bridgehead atoms. The summed E-state index contributed by atoms with van der Waals surface area (Å²) in [6.07, 6.45) is 0.867. The highest BCUT2D eigenvalue weighted by Crippen LogP contribution is 2.51. The van der Waals surface area contributed by atoms with Crippen LogP contribution in [0.4, 0.5) is 10.1 Å². The van der Waals surface area contributed by atoms with Gasteiger partial charge in [-0.1, -0.05) is 49.7 Å². The summed E-state index contributed by atoms with van der Waals surface area (Å²) in [5.74, 6) is -3.88. The van der Waals surface area contributed by atoms with Crippen LogP contribution < -0.4 is 10.2 Å². The third kappa shape index (κ3) is 3.24. The van der Waals surface area contributed by atoms with Gasteiger partial charge in [0.2, 0.25) is 11.8 Å². The first kappa shape index (κ1) is 21.2. The first-order valence-corrected chi connectivity index (χ1v) is 10.6. The summed E-state index contributed by atoms with van der Waals surface area (Å²) >= 11 is 0. The van der Waals surface area contributed by atoms with Crippen LogP contribution >= 0.6 is 0 Å². The molecule has 0 saturated carbocycles. The maximum Gasteiger partial charge on any atom is 0.327 e. The fourth-order valence-corrected chi connectivity index (χ4v) is 5.00. The molecule has 2 aliphatic heterocycles. The van der Waals surface area contributed by atoms with Crippen molar-refractivity contribution in [1.82, 2.24) is 5.32 Å². The number of imide groups is 1. The van der Waals surface area contributed by atoms with Crippen LogP contribution in [0.3, 0.4) is 0 Å². The largest absolute Gasteiger partial charge is 0.465 e. The number of ether oxygens (including phenoxy) is 1. The molecule has 2 fully saturated rings. The molecule has 2 aromatic rings. The topological polar surface area (TPSA) is 75.7 Å². The Bertz CT molecular complexity index is 1010. The lowest BCUT2D eigenvalue weighted by Crippen LogP contribution is -2.56. The summed E-state index contributed by atoms with van der Waals surface area (Å²) in [6, 6.07) is 13.9. The Labute approximate surface area is 180 Å². The van der Waals surface area contributed by atoms with Gasteiger partial charge in [-0.25, -0.2) is 9.29 Å². The van der Waals surface area contributed by atoms with E-state index in [1.165, 1.54) is 6.07 Å². The number of anilines is 1. The molecule has 162 valence electrons. The Morgan fingerprint density at radius 3 is 2.39 bits per heavy atom. The summed E-state index contributed by atoms with van der Waals surface area (Å²) in [5.41, 5.74) is -0.706. The number of nitrogens with one attached hydrogen (secondary N) is 1. The van der Waals surface area contributed by atoms with E-state index in [0.717, 1.165) is 4.90 Å². The van der Waals surface area contributed by atoms with Gasteiger partial charge in [0, 0.05) is 11.6 Å². The van der Waals surface area contributed by atoms with Crippen molar-refractivity contribution >= 4 is 23.5 Å². The molecule has 2 heterocycles. The summed E-state index contributed by atoms with van der Waals surface area (Å²) in [6.45, 7) is 3.72. The van der Waals surface area contributed by atoms with Gasteiger partial charge >= 0.3 is 5.97 Å². The Kier molecular flexibility index (Phi) is 5.62. The zero-order valence-electron chi connectivity index (χ0n) is 17.5. The van der Waals surface area contributed by atoms with E-state index in [-0.39, 0.29) is 12.2 Å². The molecule has 0 aliphatic carbocycles. The third-order valence-electron chi connectivity index (χ3n) is 6.19. The van der Waals surface area contributed by atoms with Crippen molar-refractivity contribution < 1.29 is 23.5 Å². The van der Waals surface area contributed by atoms with Gasteiger partial charge in [-0.3, -0.25) is 19.7 Å². The molecule has 2 saturated heterocycles. The number of fused-ring (bicyclic) bond motifs is 1. The van der Waals surface area contributed by atoms with Gasteiger partial charge in [-0.05, 0) is 31.5 Å². The minimum Gasteiger partial charge on any atom is -0.465 e. The molecule has 7 heteroatoms. The first-order valence-electron chi connectivity index (χ1n) is 10.6. The summed E-state index contributed by atoms with van der Waals surface area (Å²) < 4.78 is 20.1. The monoisotopic (exact) mass is 424 g/mol. The molecule has 1 N–H and O–H groups in total. The number of carbonyl (C=O) groups is 3. The molecule has 4 rings (SSSR count). The second-order valence-electron chi connectivity index (χ2n) is 7.94. The van der Waals surface area contributed by atoms with E-state index < -0.39 is 47.0 Å². The van der Waals surface area contributed by atoms with E-state index in [4.69, 9.17) is 4.74 Å². The van der Waals surface area contributed by atoms with E-state index in [1.807, 2.05) is 6.92 Å². The van der Waals surface area contributed by atoms with E-state index in [1.54, 1.807) is 55.5 Å². The molecule has 0 spiro atoms. The lowest BCUT2D eigenvalue weighted by atomic mass is 9.77. The average molecular weight is 424 g/mol. The minimum atomic E-state index is -1.40. The van der Waals surface area contributed by atoms with Gasteiger partial charge in [-0.15, -0.1) is 0 Å². The van der Waals surface area contributed by atoms with Gasteiger partial charge in [0.05, 0.1) is 24.1 Å². The normalized spacial score (nSPS) is 27.5. The van der Waals surface area contributed by atoms with E-state index in [2.05, 4.69) is 5.32 Å². The van der Waals surface area contributed by atoms with Crippen LogP contribution in [0.25, 0.3) is 0 Å². The van der Waals surface area contributed by atoms with Crippen molar-refractivity contribution in [3.05, 3.63) is 66.0 Å². The fourth-order valence-electron chi connectivity index (χ4n) is 5.00. The molecule has 2 amide bonds. The molecule has 31 heavy (non-hydrogen) atoms. The molecule has 0 aromatic heterocycles. The molecule has 0 radical (unpaired) electrons.